The zero-order chi connectivity index (χ0) is 23.2. The Bertz CT molecular complexity index is 924. The second kappa shape index (κ2) is 9.58. The molecule has 2 N–H and O–H groups in total. The lowest BCUT2D eigenvalue weighted by atomic mass is 10.1. The summed E-state index contributed by atoms with van der Waals surface area (Å²) in [5.74, 6) is -1.60. The van der Waals surface area contributed by atoms with Gasteiger partial charge in [-0.15, -0.1) is 0 Å². The number of hydrogen-bond acceptors (Lipinski definition) is 5. The first kappa shape index (κ1) is 23.8. The number of aromatic carboxylic acids is 1. The molecular weight excluding hydrogens is 436 g/mol. The summed E-state index contributed by atoms with van der Waals surface area (Å²) in [7, 11) is 0. The molecule has 31 heavy (non-hydrogen) atoms. The number of carbonyl (C=O) groups is 1. The Labute approximate surface area is 171 Å². The summed E-state index contributed by atoms with van der Waals surface area (Å²) in [5.41, 5.74) is -3.66. The summed E-state index contributed by atoms with van der Waals surface area (Å²) in [6.07, 6.45) is -8.96. The maximum Gasteiger partial charge on any atom is 0.416 e. The third-order valence-corrected chi connectivity index (χ3v) is 3.73. The van der Waals surface area contributed by atoms with Gasteiger partial charge in [0.25, 0.3) is 0 Å². The average molecular weight is 451 g/mol. The van der Waals surface area contributed by atoms with Crippen LogP contribution in [-0.2, 0) is 17.2 Å². The SMILES string of the molecule is O=C(O)c1ccc(OCCCO/N=C\c2cc(C(F)(F)F)cc(C(F)(F)F)c2)cc1O. The molecule has 0 aliphatic carbocycles. The maximum absolute atomic E-state index is 12.8. The minimum Gasteiger partial charge on any atom is -0.507 e. The van der Waals surface area contributed by atoms with Gasteiger partial charge in [0.1, 0.15) is 23.7 Å². The standard InChI is InChI=1S/C19H15F6NO5/c20-18(21,22)12-6-11(7-13(8-12)19(23,24)25)10-26-31-5-1-4-30-14-2-3-15(17(28)29)16(27)9-14/h2-3,6-10,27H,1,4-5H2,(H,28,29)/b26-10-. The number of rotatable bonds is 8. The number of alkyl halides is 6. The van der Waals surface area contributed by atoms with E-state index in [0.29, 0.717) is 12.1 Å². The van der Waals surface area contributed by atoms with E-state index in [-0.39, 0.29) is 37.0 Å². The van der Waals surface area contributed by atoms with E-state index in [2.05, 4.69) is 5.16 Å². The minimum absolute atomic E-state index is 0.0102. The van der Waals surface area contributed by atoms with Gasteiger partial charge in [0.2, 0.25) is 0 Å². The van der Waals surface area contributed by atoms with Crippen molar-refractivity contribution in [1.29, 1.82) is 0 Å². The molecule has 0 unspecified atom stereocenters. The van der Waals surface area contributed by atoms with Crippen LogP contribution in [0.2, 0.25) is 0 Å². The zero-order valence-corrected chi connectivity index (χ0v) is 15.5. The van der Waals surface area contributed by atoms with Crippen molar-refractivity contribution in [1.82, 2.24) is 0 Å². The van der Waals surface area contributed by atoms with E-state index in [0.717, 1.165) is 18.3 Å². The van der Waals surface area contributed by atoms with Gasteiger partial charge in [-0.3, -0.25) is 0 Å². The van der Waals surface area contributed by atoms with E-state index < -0.39 is 40.8 Å². The van der Waals surface area contributed by atoms with Crippen LogP contribution in [0.25, 0.3) is 0 Å². The number of phenols is 1. The van der Waals surface area contributed by atoms with Crippen LogP contribution in [0.4, 0.5) is 26.3 Å². The number of nitrogens with zero attached hydrogens (tertiary/aromatic N) is 1. The minimum atomic E-state index is -4.96. The molecule has 168 valence electrons. The summed E-state index contributed by atoms with van der Waals surface area (Å²) in [5, 5.41) is 21.7. The van der Waals surface area contributed by atoms with E-state index >= 15 is 0 Å². The Morgan fingerprint density at radius 1 is 0.968 bits per heavy atom. The first-order chi connectivity index (χ1) is 14.4. The molecule has 0 amide bonds. The van der Waals surface area contributed by atoms with Gasteiger partial charge in [0.05, 0.1) is 23.9 Å². The highest BCUT2D eigenvalue weighted by Gasteiger charge is 2.36. The maximum atomic E-state index is 12.8. The second-order valence-corrected chi connectivity index (χ2v) is 6.09. The monoisotopic (exact) mass is 451 g/mol. The van der Waals surface area contributed by atoms with Gasteiger partial charge in [0, 0.05) is 12.5 Å². The number of carboxylic acids is 1. The van der Waals surface area contributed by atoms with Crippen LogP contribution in [0.1, 0.15) is 33.5 Å². The molecule has 12 heteroatoms. The molecule has 0 atom stereocenters. The number of oxime groups is 1. The number of hydrogen-bond donors (Lipinski definition) is 2. The zero-order valence-electron chi connectivity index (χ0n) is 15.5. The van der Waals surface area contributed by atoms with Crippen molar-refractivity contribution < 1.29 is 50.9 Å². The molecule has 0 bridgehead atoms. The van der Waals surface area contributed by atoms with Crippen LogP contribution < -0.4 is 4.74 Å². The van der Waals surface area contributed by atoms with Crippen LogP contribution >= 0.6 is 0 Å². The summed E-state index contributed by atoms with van der Waals surface area (Å²) in [6.45, 7) is -0.00998. The van der Waals surface area contributed by atoms with E-state index in [4.69, 9.17) is 14.7 Å². The largest absolute Gasteiger partial charge is 0.507 e. The molecule has 0 saturated heterocycles. The predicted octanol–water partition coefficient (Wildman–Crippen LogP) is 4.95. The summed E-state index contributed by atoms with van der Waals surface area (Å²) >= 11 is 0. The van der Waals surface area contributed by atoms with E-state index in [1.165, 1.54) is 6.07 Å². The van der Waals surface area contributed by atoms with Crippen molar-refractivity contribution >= 4 is 12.2 Å². The lowest BCUT2D eigenvalue weighted by Crippen LogP contribution is -2.11. The smallest absolute Gasteiger partial charge is 0.416 e. The summed E-state index contributed by atoms with van der Waals surface area (Å²) in [6, 6.07) is 4.62. The molecular formula is C19H15F6NO5. The fraction of sp³-hybridized carbons (Fsp3) is 0.263. The number of ether oxygens (including phenoxy) is 1. The predicted molar refractivity (Wildman–Crippen MR) is 95.2 cm³/mol. The molecule has 0 radical (unpaired) electrons. The van der Waals surface area contributed by atoms with Gasteiger partial charge in [-0.2, -0.15) is 26.3 Å². The lowest BCUT2D eigenvalue weighted by Gasteiger charge is -2.12. The third kappa shape index (κ3) is 7.08. The van der Waals surface area contributed by atoms with Gasteiger partial charge in [-0.25, -0.2) is 4.79 Å². The quantitative estimate of drug-likeness (QED) is 0.257. The number of aromatic hydroxyl groups is 1. The highest BCUT2D eigenvalue weighted by Crippen LogP contribution is 2.36. The lowest BCUT2D eigenvalue weighted by molar-refractivity contribution is -0.143. The van der Waals surface area contributed by atoms with Crippen molar-refractivity contribution in [3.63, 3.8) is 0 Å². The molecule has 0 heterocycles. The highest BCUT2D eigenvalue weighted by molar-refractivity contribution is 5.90. The normalized spacial score (nSPS) is 12.2. The Kier molecular flexibility index (Phi) is 7.37. The van der Waals surface area contributed by atoms with Gasteiger partial charge < -0.3 is 19.8 Å². The molecule has 2 aromatic rings. The van der Waals surface area contributed by atoms with Crippen molar-refractivity contribution in [2.75, 3.05) is 13.2 Å². The van der Waals surface area contributed by atoms with Crippen LogP contribution in [0.5, 0.6) is 11.5 Å². The highest BCUT2D eigenvalue weighted by atomic mass is 19.4. The molecule has 0 saturated carbocycles. The first-order valence-electron chi connectivity index (χ1n) is 8.52. The number of carboxylic acid groups (broad SMARTS) is 1. The number of benzene rings is 2. The van der Waals surface area contributed by atoms with Crippen molar-refractivity contribution in [2.45, 2.75) is 18.8 Å². The molecule has 0 fully saturated rings. The van der Waals surface area contributed by atoms with E-state index in [1.807, 2.05) is 0 Å². The summed E-state index contributed by atoms with van der Waals surface area (Å²) in [4.78, 5) is 15.6. The van der Waals surface area contributed by atoms with Gasteiger partial charge in [-0.1, -0.05) is 5.16 Å². The fourth-order valence-corrected chi connectivity index (χ4v) is 2.30. The number of halogens is 6. The summed E-state index contributed by atoms with van der Waals surface area (Å²) < 4.78 is 82.0. The van der Waals surface area contributed by atoms with Gasteiger partial charge in [0.15, 0.2) is 0 Å². The van der Waals surface area contributed by atoms with Gasteiger partial charge >= 0.3 is 18.3 Å². The van der Waals surface area contributed by atoms with Crippen LogP contribution in [0.3, 0.4) is 0 Å². The first-order valence-corrected chi connectivity index (χ1v) is 8.52. The Morgan fingerprint density at radius 2 is 1.58 bits per heavy atom. The Balaban J connectivity index is 1.88. The molecule has 2 rings (SSSR count). The average Bonchev–Trinajstić information content (AvgIpc) is 2.65. The van der Waals surface area contributed by atoms with Gasteiger partial charge in [-0.05, 0) is 35.9 Å². The van der Waals surface area contributed by atoms with E-state index in [1.54, 1.807) is 0 Å². The second-order valence-electron chi connectivity index (χ2n) is 6.09. The van der Waals surface area contributed by atoms with Crippen LogP contribution in [0, 0.1) is 0 Å². The molecule has 6 nitrogen and oxygen atoms in total. The topological polar surface area (TPSA) is 88.4 Å². The van der Waals surface area contributed by atoms with Crippen LogP contribution in [0.15, 0.2) is 41.6 Å². The van der Waals surface area contributed by atoms with E-state index in [9.17, 15) is 36.2 Å². The molecule has 2 aromatic carbocycles. The van der Waals surface area contributed by atoms with Crippen molar-refractivity contribution in [3.05, 3.63) is 58.7 Å². The third-order valence-electron chi connectivity index (χ3n) is 3.73. The molecule has 0 aliphatic heterocycles. The molecule has 0 spiro atoms. The fourth-order valence-electron chi connectivity index (χ4n) is 2.30. The van der Waals surface area contributed by atoms with Crippen LogP contribution in [-0.4, -0.2) is 35.6 Å². The molecule has 0 aliphatic rings. The Hall–Kier alpha value is -3.44. The molecule has 0 aromatic heterocycles. The Morgan fingerprint density at radius 3 is 2.10 bits per heavy atom. The van der Waals surface area contributed by atoms with Crippen molar-refractivity contribution in [2.24, 2.45) is 5.16 Å². The van der Waals surface area contributed by atoms with Crippen molar-refractivity contribution in [3.8, 4) is 11.5 Å².